The Kier molecular flexibility index (Phi) is 3.44. The van der Waals surface area contributed by atoms with Gasteiger partial charge in [0.15, 0.2) is 0 Å². The normalized spacial score (nSPS) is 16.4. The van der Waals surface area contributed by atoms with Crippen molar-refractivity contribution in [3.63, 3.8) is 0 Å². The zero-order valence-corrected chi connectivity index (χ0v) is 13.9. The summed E-state index contributed by atoms with van der Waals surface area (Å²) in [6.07, 6.45) is 0.966. The van der Waals surface area contributed by atoms with E-state index in [0.29, 0.717) is 11.3 Å². The van der Waals surface area contributed by atoms with Crippen LogP contribution in [0.25, 0.3) is 22.3 Å². The van der Waals surface area contributed by atoms with E-state index in [1.54, 1.807) is 12.1 Å². The van der Waals surface area contributed by atoms with Crippen LogP contribution in [0.4, 0.5) is 0 Å². The van der Waals surface area contributed by atoms with Crippen LogP contribution in [0.2, 0.25) is 0 Å². The van der Waals surface area contributed by atoms with Gasteiger partial charge in [0, 0.05) is 24.1 Å². The molecular formula is C20H16O6. The highest BCUT2D eigenvalue weighted by atomic mass is 16.5. The maximum absolute atomic E-state index is 13.1. The third-order valence-corrected chi connectivity index (χ3v) is 4.59. The smallest absolute Gasteiger partial charge is 0.204 e. The van der Waals surface area contributed by atoms with Gasteiger partial charge >= 0.3 is 0 Å². The number of rotatable bonds is 2. The van der Waals surface area contributed by atoms with Gasteiger partial charge in [-0.25, -0.2) is 0 Å². The minimum Gasteiger partial charge on any atom is -0.508 e. The van der Waals surface area contributed by atoms with Crippen molar-refractivity contribution in [2.45, 2.75) is 13.0 Å². The first-order valence-electron chi connectivity index (χ1n) is 8.06. The molecule has 0 aliphatic carbocycles. The molecule has 4 rings (SSSR count). The fourth-order valence-electron chi connectivity index (χ4n) is 3.24. The summed E-state index contributed by atoms with van der Waals surface area (Å²) < 4.78 is 11.9. The summed E-state index contributed by atoms with van der Waals surface area (Å²) in [6, 6.07) is 6.87. The average molecular weight is 352 g/mol. The zero-order valence-electron chi connectivity index (χ0n) is 13.9. The molecule has 26 heavy (non-hydrogen) atoms. The molecule has 2 atom stereocenters. The summed E-state index contributed by atoms with van der Waals surface area (Å²) in [5.74, 6) is -0.125. The molecule has 6 heteroatoms. The lowest BCUT2D eigenvalue weighted by Gasteiger charge is -2.30. The van der Waals surface area contributed by atoms with Crippen LogP contribution < -0.4 is 10.2 Å². The van der Waals surface area contributed by atoms with Crippen LogP contribution in [0.5, 0.6) is 23.0 Å². The lowest BCUT2D eigenvalue weighted by molar-refractivity contribution is 0.159. The molecule has 3 N–H and O–H groups in total. The van der Waals surface area contributed by atoms with E-state index >= 15 is 0 Å². The molecule has 0 bridgehead atoms. The molecule has 1 aliphatic heterocycles. The van der Waals surface area contributed by atoms with E-state index in [1.165, 1.54) is 18.2 Å². The van der Waals surface area contributed by atoms with Gasteiger partial charge in [0.25, 0.3) is 0 Å². The molecular weight excluding hydrogens is 336 g/mol. The zero-order chi connectivity index (χ0) is 18.6. The Balaban J connectivity index is 2.14. The highest BCUT2D eigenvalue weighted by Gasteiger charge is 2.35. The Bertz CT molecular complexity index is 1110. The Morgan fingerprint density at radius 2 is 1.92 bits per heavy atom. The van der Waals surface area contributed by atoms with Gasteiger partial charge in [-0.15, -0.1) is 6.58 Å². The second-order valence-electron chi connectivity index (χ2n) is 6.33. The second kappa shape index (κ2) is 5.56. The van der Waals surface area contributed by atoms with Gasteiger partial charge in [0.05, 0.1) is 11.1 Å². The standard InChI is InChI=1S/C20H16O6/c1-3-9(2)19-17-18(24)16-13(23)6-11(22)8-15(16)26-20(17)12-5-4-10(21)7-14(12)25-19/h3-9,19,21-23H,1H2,2H3. The van der Waals surface area contributed by atoms with E-state index in [2.05, 4.69) is 6.58 Å². The maximum atomic E-state index is 13.1. The number of hydrogen-bond donors (Lipinski definition) is 3. The highest BCUT2D eigenvalue weighted by molar-refractivity contribution is 5.88. The summed E-state index contributed by atoms with van der Waals surface area (Å²) in [7, 11) is 0. The minimum atomic E-state index is -0.689. The van der Waals surface area contributed by atoms with Crippen molar-refractivity contribution in [2.75, 3.05) is 0 Å². The summed E-state index contributed by atoms with van der Waals surface area (Å²) in [5, 5.41) is 29.6. The highest BCUT2D eigenvalue weighted by Crippen LogP contribution is 2.46. The van der Waals surface area contributed by atoms with Crippen molar-refractivity contribution in [1.82, 2.24) is 0 Å². The van der Waals surface area contributed by atoms with Gasteiger partial charge in [-0.3, -0.25) is 4.79 Å². The fraction of sp³-hybridized carbons (Fsp3) is 0.150. The van der Waals surface area contributed by atoms with Crippen LogP contribution in [0.15, 0.2) is 52.2 Å². The van der Waals surface area contributed by atoms with Crippen molar-refractivity contribution in [2.24, 2.45) is 5.92 Å². The summed E-state index contributed by atoms with van der Waals surface area (Å²) in [5.41, 5.74) is 0.407. The van der Waals surface area contributed by atoms with Gasteiger partial charge in [-0.2, -0.15) is 0 Å². The van der Waals surface area contributed by atoms with Crippen molar-refractivity contribution < 1.29 is 24.5 Å². The Morgan fingerprint density at radius 3 is 2.65 bits per heavy atom. The van der Waals surface area contributed by atoms with E-state index in [-0.39, 0.29) is 45.5 Å². The lowest BCUT2D eigenvalue weighted by Crippen LogP contribution is -2.26. The number of fused-ring (bicyclic) bond motifs is 4. The first-order chi connectivity index (χ1) is 12.4. The Morgan fingerprint density at radius 1 is 1.15 bits per heavy atom. The van der Waals surface area contributed by atoms with E-state index < -0.39 is 11.5 Å². The van der Waals surface area contributed by atoms with E-state index in [4.69, 9.17) is 9.15 Å². The van der Waals surface area contributed by atoms with Crippen molar-refractivity contribution in [3.8, 4) is 34.3 Å². The van der Waals surface area contributed by atoms with Gasteiger partial charge in [0.1, 0.15) is 45.8 Å². The predicted octanol–water partition coefficient (Wildman–Crippen LogP) is 3.83. The molecule has 0 spiro atoms. The molecule has 1 aromatic heterocycles. The third-order valence-electron chi connectivity index (χ3n) is 4.59. The molecule has 132 valence electrons. The van der Waals surface area contributed by atoms with Gasteiger partial charge in [-0.05, 0) is 12.1 Å². The average Bonchev–Trinajstić information content (AvgIpc) is 2.59. The third kappa shape index (κ3) is 2.23. The fourth-order valence-corrected chi connectivity index (χ4v) is 3.24. The van der Waals surface area contributed by atoms with Gasteiger partial charge in [-0.1, -0.05) is 13.0 Å². The van der Waals surface area contributed by atoms with Crippen LogP contribution in [-0.2, 0) is 0 Å². The first-order valence-corrected chi connectivity index (χ1v) is 8.06. The SMILES string of the molecule is C=CC(C)C1Oc2cc(O)ccc2-c2oc3cc(O)cc(O)c3c(=O)c21. The van der Waals surface area contributed by atoms with Crippen molar-refractivity contribution in [3.05, 3.63) is 58.8 Å². The quantitative estimate of drug-likeness (QED) is 0.606. The molecule has 2 unspecified atom stereocenters. The summed E-state index contributed by atoms with van der Waals surface area (Å²) in [6.45, 7) is 5.60. The summed E-state index contributed by atoms with van der Waals surface area (Å²) >= 11 is 0. The van der Waals surface area contributed by atoms with Crippen LogP contribution in [0, 0.1) is 5.92 Å². The molecule has 0 amide bonds. The Hall–Kier alpha value is -3.41. The van der Waals surface area contributed by atoms with Gasteiger partial charge < -0.3 is 24.5 Å². The number of aromatic hydroxyl groups is 3. The summed E-state index contributed by atoms with van der Waals surface area (Å²) in [4.78, 5) is 13.1. The van der Waals surface area contributed by atoms with Crippen LogP contribution in [0.1, 0.15) is 18.6 Å². The topological polar surface area (TPSA) is 100 Å². The number of benzene rings is 2. The van der Waals surface area contributed by atoms with Crippen LogP contribution >= 0.6 is 0 Å². The van der Waals surface area contributed by atoms with Crippen molar-refractivity contribution >= 4 is 11.0 Å². The monoisotopic (exact) mass is 352 g/mol. The molecule has 0 radical (unpaired) electrons. The van der Waals surface area contributed by atoms with E-state index in [0.717, 1.165) is 6.07 Å². The second-order valence-corrected chi connectivity index (χ2v) is 6.33. The lowest BCUT2D eigenvalue weighted by atomic mass is 9.90. The largest absolute Gasteiger partial charge is 0.508 e. The molecule has 3 aromatic rings. The van der Waals surface area contributed by atoms with E-state index in [1.807, 2.05) is 6.92 Å². The number of phenols is 3. The molecule has 0 saturated heterocycles. The number of ether oxygens (including phenoxy) is 1. The number of hydrogen-bond acceptors (Lipinski definition) is 6. The number of phenolic OH excluding ortho intramolecular Hbond substituents is 3. The molecule has 0 saturated carbocycles. The van der Waals surface area contributed by atoms with Crippen LogP contribution in [0.3, 0.4) is 0 Å². The Labute approximate surface area is 148 Å². The predicted molar refractivity (Wildman–Crippen MR) is 95.6 cm³/mol. The van der Waals surface area contributed by atoms with Crippen molar-refractivity contribution in [1.29, 1.82) is 0 Å². The molecule has 2 heterocycles. The van der Waals surface area contributed by atoms with Gasteiger partial charge in [0.2, 0.25) is 5.43 Å². The first kappa shape index (κ1) is 16.1. The maximum Gasteiger partial charge on any atom is 0.204 e. The van der Waals surface area contributed by atoms with E-state index in [9.17, 15) is 20.1 Å². The molecule has 0 fully saturated rings. The van der Waals surface area contributed by atoms with Crippen LogP contribution in [-0.4, -0.2) is 15.3 Å². The molecule has 2 aromatic carbocycles. The minimum absolute atomic E-state index is 0.0198. The molecule has 1 aliphatic rings. The molecule has 6 nitrogen and oxygen atoms in total.